The fraction of sp³-hybridized carbons (Fsp3) is 0.222. The molecule has 1 rings (SSSR count). The predicted octanol–water partition coefficient (Wildman–Crippen LogP) is 2.48. The molecule has 1 N–H and O–H groups in total. The highest BCUT2D eigenvalue weighted by atomic mass is 35.5. The van der Waals surface area contributed by atoms with E-state index in [1.54, 1.807) is 0 Å². The van der Waals surface area contributed by atoms with Crippen LogP contribution in [-0.4, -0.2) is 22.6 Å². The summed E-state index contributed by atoms with van der Waals surface area (Å²) < 4.78 is 28.3. The van der Waals surface area contributed by atoms with Gasteiger partial charge >= 0.3 is 12.6 Å². The molecule has 0 radical (unpaired) electrons. The van der Waals surface area contributed by atoms with Crippen LogP contribution in [0.25, 0.3) is 0 Å². The summed E-state index contributed by atoms with van der Waals surface area (Å²) >= 11 is 5.55. The number of carboxylic acid groups (broad SMARTS) is 1. The van der Waals surface area contributed by atoms with Crippen molar-refractivity contribution in [2.45, 2.75) is 13.0 Å². The summed E-state index contributed by atoms with van der Waals surface area (Å²) in [5.41, 5.74) is -0.792. The molecule has 98 valence electrons. The molecule has 1 aromatic carbocycles. The monoisotopic (exact) mass is 281 g/mol. The van der Waals surface area contributed by atoms with Crippen LogP contribution in [0.3, 0.4) is 0 Å². The molecule has 0 saturated heterocycles. The second kappa shape index (κ2) is 5.58. The van der Waals surface area contributed by atoms with Gasteiger partial charge in [0, 0.05) is 17.7 Å². The molecule has 0 bridgehead atoms. The van der Waals surface area contributed by atoms with Gasteiger partial charge in [-0.25, -0.2) is 0 Å². The molecule has 0 aliphatic heterocycles. The molecule has 0 aliphatic carbocycles. The summed E-state index contributed by atoms with van der Waals surface area (Å²) in [4.78, 5) is 20.3. The summed E-state index contributed by atoms with van der Waals surface area (Å²) in [6.07, 6.45) is -0.719. The van der Waals surface area contributed by atoms with Gasteiger partial charge in [0.25, 0.3) is 5.69 Å². The van der Waals surface area contributed by atoms with Crippen LogP contribution in [0.15, 0.2) is 12.1 Å². The fourth-order valence-corrected chi connectivity index (χ4v) is 1.53. The van der Waals surface area contributed by atoms with Gasteiger partial charge in [-0.15, -0.1) is 0 Å². The number of rotatable bonds is 5. The number of nitro benzene ring substituents is 1. The summed E-state index contributed by atoms with van der Waals surface area (Å²) in [7, 11) is 0. The molecule has 0 saturated carbocycles. The van der Waals surface area contributed by atoms with E-state index in [0.29, 0.717) is 0 Å². The lowest BCUT2D eigenvalue weighted by molar-refractivity contribution is -0.384. The lowest BCUT2D eigenvalue weighted by Crippen LogP contribution is -2.09. The van der Waals surface area contributed by atoms with Crippen molar-refractivity contribution < 1.29 is 28.3 Å². The first-order valence-electron chi connectivity index (χ1n) is 4.44. The molecule has 9 heteroatoms. The smallest absolute Gasteiger partial charge is 0.387 e. The standard InChI is InChI=1S/C9H6ClF2NO5/c10-6-3-5(13(16)17)1-4(2-7(14)15)8(6)18-9(11)12/h1,3,9H,2H2,(H,14,15). The van der Waals surface area contributed by atoms with Crippen LogP contribution in [0, 0.1) is 10.1 Å². The minimum atomic E-state index is -3.21. The van der Waals surface area contributed by atoms with Gasteiger partial charge in [-0.3, -0.25) is 14.9 Å². The summed E-state index contributed by atoms with van der Waals surface area (Å²) in [6, 6.07) is 1.64. The molecule has 0 heterocycles. The van der Waals surface area contributed by atoms with Gasteiger partial charge < -0.3 is 9.84 Å². The zero-order chi connectivity index (χ0) is 13.9. The van der Waals surface area contributed by atoms with Crippen molar-refractivity contribution in [1.29, 1.82) is 0 Å². The zero-order valence-corrected chi connectivity index (χ0v) is 9.36. The number of halogens is 3. The van der Waals surface area contributed by atoms with Gasteiger partial charge in [-0.1, -0.05) is 11.6 Å². The number of carbonyl (C=O) groups is 1. The van der Waals surface area contributed by atoms with Crippen molar-refractivity contribution in [3.8, 4) is 5.75 Å². The number of hydrogen-bond acceptors (Lipinski definition) is 4. The molecule has 0 unspecified atom stereocenters. The van der Waals surface area contributed by atoms with Gasteiger partial charge in [-0.2, -0.15) is 8.78 Å². The minimum Gasteiger partial charge on any atom is -0.481 e. The van der Waals surface area contributed by atoms with Crippen molar-refractivity contribution in [2.75, 3.05) is 0 Å². The molecule has 0 aromatic heterocycles. The highest BCUT2D eigenvalue weighted by molar-refractivity contribution is 6.32. The van der Waals surface area contributed by atoms with E-state index in [1.165, 1.54) is 0 Å². The molecule has 18 heavy (non-hydrogen) atoms. The molecule has 0 spiro atoms. The van der Waals surface area contributed by atoms with E-state index in [1.807, 2.05) is 0 Å². The number of benzene rings is 1. The maximum Gasteiger partial charge on any atom is 0.387 e. The topological polar surface area (TPSA) is 89.7 Å². The third kappa shape index (κ3) is 3.52. The van der Waals surface area contributed by atoms with Gasteiger partial charge in [0.1, 0.15) is 5.75 Å². The average Bonchev–Trinajstić information content (AvgIpc) is 2.21. The maximum atomic E-state index is 12.1. The zero-order valence-electron chi connectivity index (χ0n) is 8.60. The number of nitro groups is 1. The van der Waals surface area contributed by atoms with Crippen LogP contribution < -0.4 is 4.74 Å². The third-order valence-corrected chi connectivity index (χ3v) is 2.15. The van der Waals surface area contributed by atoms with Gasteiger partial charge in [0.15, 0.2) is 0 Å². The van der Waals surface area contributed by atoms with Crippen molar-refractivity contribution in [3.63, 3.8) is 0 Å². The quantitative estimate of drug-likeness (QED) is 0.661. The van der Waals surface area contributed by atoms with Crippen LogP contribution in [0.4, 0.5) is 14.5 Å². The fourth-order valence-electron chi connectivity index (χ4n) is 1.26. The van der Waals surface area contributed by atoms with Crippen LogP contribution >= 0.6 is 11.6 Å². The highest BCUT2D eigenvalue weighted by Gasteiger charge is 2.21. The summed E-state index contributed by atoms with van der Waals surface area (Å²) in [5, 5.41) is 18.7. The average molecular weight is 282 g/mol. The van der Waals surface area contributed by atoms with E-state index in [4.69, 9.17) is 16.7 Å². The van der Waals surface area contributed by atoms with E-state index < -0.39 is 40.4 Å². The Hall–Kier alpha value is -1.96. The summed E-state index contributed by atoms with van der Waals surface area (Å²) in [6.45, 7) is -3.21. The van der Waals surface area contributed by atoms with E-state index in [-0.39, 0.29) is 5.56 Å². The Balaban J connectivity index is 3.29. The predicted molar refractivity (Wildman–Crippen MR) is 56.1 cm³/mol. The second-order valence-corrected chi connectivity index (χ2v) is 3.53. The number of non-ortho nitro benzene ring substituents is 1. The molecule has 0 atom stereocenters. The SMILES string of the molecule is O=C(O)Cc1cc([N+](=O)[O-])cc(Cl)c1OC(F)F. The molecular formula is C9H6ClF2NO5. The first-order valence-corrected chi connectivity index (χ1v) is 4.82. The lowest BCUT2D eigenvalue weighted by Gasteiger charge is -2.11. The van der Waals surface area contributed by atoms with E-state index >= 15 is 0 Å². The van der Waals surface area contributed by atoms with Crippen LogP contribution in [0.1, 0.15) is 5.56 Å². The van der Waals surface area contributed by atoms with Crippen molar-refractivity contribution in [2.24, 2.45) is 0 Å². The Morgan fingerprint density at radius 1 is 1.56 bits per heavy atom. The van der Waals surface area contributed by atoms with Crippen LogP contribution in [0.2, 0.25) is 5.02 Å². The minimum absolute atomic E-state index is 0.290. The number of alkyl halides is 2. The molecule has 1 aromatic rings. The Kier molecular flexibility index (Phi) is 4.38. The highest BCUT2D eigenvalue weighted by Crippen LogP contribution is 2.34. The lowest BCUT2D eigenvalue weighted by atomic mass is 10.1. The van der Waals surface area contributed by atoms with Crippen molar-refractivity contribution in [1.82, 2.24) is 0 Å². The van der Waals surface area contributed by atoms with E-state index in [0.717, 1.165) is 12.1 Å². The van der Waals surface area contributed by atoms with Crippen molar-refractivity contribution >= 4 is 23.3 Å². The Labute approximate surface area is 104 Å². The summed E-state index contributed by atoms with van der Waals surface area (Å²) in [5.74, 6) is -1.93. The van der Waals surface area contributed by atoms with E-state index in [9.17, 15) is 23.7 Å². The van der Waals surface area contributed by atoms with Crippen LogP contribution in [-0.2, 0) is 11.2 Å². The number of carboxylic acids is 1. The van der Waals surface area contributed by atoms with E-state index in [2.05, 4.69) is 4.74 Å². The normalized spacial score (nSPS) is 10.4. The largest absolute Gasteiger partial charge is 0.481 e. The van der Waals surface area contributed by atoms with Gasteiger partial charge in [0.2, 0.25) is 0 Å². The number of hydrogen-bond donors (Lipinski definition) is 1. The first-order chi connectivity index (χ1) is 8.31. The van der Waals surface area contributed by atoms with Gasteiger partial charge in [-0.05, 0) is 0 Å². The molecule has 0 amide bonds. The third-order valence-electron chi connectivity index (χ3n) is 1.86. The maximum absolute atomic E-state index is 12.1. The Bertz CT molecular complexity index is 494. The van der Waals surface area contributed by atoms with Crippen LogP contribution in [0.5, 0.6) is 5.75 Å². The second-order valence-electron chi connectivity index (χ2n) is 3.12. The number of ether oxygens (including phenoxy) is 1. The number of aliphatic carboxylic acids is 1. The number of nitrogens with zero attached hydrogens (tertiary/aromatic N) is 1. The van der Waals surface area contributed by atoms with Gasteiger partial charge in [0.05, 0.1) is 16.4 Å². The molecular weight excluding hydrogens is 276 g/mol. The first kappa shape index (κ1) is 14.1. The molecule has 6 nitrogen and oxygen atoms in total. The van der Waals surface area contributed by atoms with Crippen molar-refractivity contribution in [3.05, 3.63) is 32.8 Å². The molecule has 0 fully saturated rings. The molecule has 0 aliphatic rings. The Morgan fingerprint density at radius 3 is 2.61 bits per heavy atom. The Morgan fingerprint density at radius 2 is 2.17 bits per heavy atom.